The van der Waals surface area contributed by atoms with Crippen LogP contribution in [-0.4, -0.2) is 79.7 Å². The van der Waals surface area contributed by atoms with Crippen molar-refractivity contribution in [3.8, 4) is 11.3 Å². The van der Waals surface area contributed by atoms with Crippen molar-refractivity contribution in [1.29, 1.82) is 0 Å². The molecule has 214 valence electrons. The number of hydrogen-bond donors (Lipinski definition) is 4. The van der Waals surface area contributed by atoms with Gasteiger partial charge in [0.25, 0.3) is 0 Å². The van der Waals surface area contributed by atoms with Crippen molar-refractivity contribution in [2.75, 3.05) is 13.2 Å². The first-order valence-corrected chi connectivity index (χ1v) is 13.4. The van der Waals surface area contributed by atoms with Gasteiger partial charge in [-0.05, 0) is 50.8 Å². The molecule has 2 heterocycles. The number of amides is 3. The van der Waals surface area contributed by atoms with Gasteiger partial charge in [0.05, 0.1) is 24.4 Å². The minimum Gasteiger partial charge on any atom is -0.444 e. The smallest absolute Gasteiger partial charge is 0.408 e. The molecule has 1 unspecified atom stereocenters. The van der Waals surface area contributed by atoms with E-state index in [0.29, 0.717) is 5.56 Å². The SMILES string of the molecule is CCn1nccc1-c1ccc([C@H](CO)NC(=O)C2C[C@@H](O)CN2C(=O)[C@@H](NC(=O)OC(C)(C)C)C(C)C)cc1. The van der Waals surface area contributed by atoms with Crippen molar-refractivity contribution in [3.63, 3.8) is 0 Å². The van der Waals surface area contributed by atoms with Crippen LogP contribution in [0.5, 0.6) is 0 Å². The summed E-state index contributed by atoms with van der Waals surface area (Å²) >= 11 is 0. The highest BCUT2D eigenvalue weighted by molar-refractivity contribution is 5.92. The number of hydrogen-bond acceptors (Lipinski definition) is 7. The van der Waals surface area contributed by atoms with Crippen molar-refractivity contribution in [3.05, 3.63) is 42.1 Å². The first kappa shape index (κ1) is 30.1. The van der Waals surface area contributed by atoms with E-state index in [4.69, 9.17) is 4.74 Å². The molecule has 1 aromatic carbocycles. The second-order valence-electron chi connectivity index (χ2n) is 11.2. The van der Waals surface area contributed by atoms with Gasteiger partial charge in [-0.1, -0.05) is 38.1 Å². The van der Waals surface area contributed by atoms with E-state index in [1.54, 1.807) is 40.8 Å². The number of aliphatic hydroxyl groups excluding tert-OH is 2. The van der Waals surface area contributed by atoms with Gasteiger partial charge in [-0.15, -0.1) is 0 Å². The summed E-state index contributed by atoms with van der Waals surface area (Å²) in [5.41, 5.74) is 1.87. The van der Waals surface area contributed by atoms with Crippen molar-refractivity contribution < 1.29 is 29.3 Å². The van der Waals surface area contributed by atoms with Crippen molar-refractivity contribution in [1.82, 2.24) is 25.3 Å². The number of rotatable bonds is 9. The molecule has 3 rings (SSSR count). The summed E-state index contributed by atoms with van der Waals surface area (Å²) in [7, 11) is 0. The van der Waals surface area contributed by atoms with Crippen LogP contribution in [0.15, 0.2) is 36.5 Å². The largest absolute Gasteiger partial charge is 0.444 e. The highest BCUT2D eigenvalue weighted by atomic mass is 16.6. The predicted octanol–water partition coefficient (Wildman–Crippen LogP) is 2.23. The Morgan fingerprint density at radius 1 is 1.13 bits per heavy atom. The number of carbonyl (C=O) groups excluding carboxylic acids is 3. The van der Waals surface area contributed by atoms with E-state index in [-0.39, 0.29) is 25.5 Å². The summed E-state index contributed by atoms with van der Waals surface area (Å²) < 4.78 is 7.18. The molecule has 39 heavy (non-hydrogen) atoms. The second kappa shape index (κ2) is 12.6. The molecule has 4 N–H and O–H groups in total. The molecule has 1 aliphatic rings. The highest BCUT2D eigenvalue weighted by Crippen LogP contribution is 2.25. The molecule has 1 fully saturated rings. The number of aryl methyl sites for hydroxylation is 1. The van der Waals surface area contributed by atoms with Crippen LogP contribution in [0, 0.1) is 5.92 Å². The summed E-state index contributed by atoms with van der Waals surface area (Å²) in [4.78, 5) is 40.5. The zero-order valence-corrected chi connectivity index (χ0v) is 23.5. The molecular formula is C28H41N5O6. The van der Waals surface area contributed by atoms with Gasteiger partial charge in [0.1, 0.15) is 17.7 Å². The maximum absolute atomic E-state index is 13.5. The fourth-order valence-electron chi connectivity index (χ4n) is 4.65. The van der Waals surface area contributed by atoms with Gasteiger partial charge in [0.2, 0.25) is 11.8 Å². The molecule has 11 heteroatoms. The van der Waals surface area contributed by atoms with Crippen LogP contribution in [0.2, 0.25) is 0 Å². The summed E-state index contributed by atoms with van der Waals surface area (Å²) in [6, 6.07) is 6.77. The lowest BCUT2D eigenvalue weighted by Crippen LogP contribution is -2.56. The summed E-state index contributed by atoms with van der Waals surface area (Å²) in [6.07, 6.45) is 0.155. The van der Waals surface area contributed by atoms with Gasteiger partial charge in [-0.25, -0.2) is 4.79 Å². The van der Waals surface area contributed by atoms with Crippen LogP contribution in [0.25, 0.3) is 11.3 Å². The Labute approximate surface area is 229 Å². The zero-order valence-electron chi connectivity index (χ0n) is 23.5. The summed E-state index contributed by atoms with van der Waals surface area (Å²) in [5.74, 6) is -1.27. The normalized spacial score (nSPS) is 19.1. The van der Waals surface area contributed by atoms with Gasteiger partial charge >= 0.3 is 6.09 Å². The van der Waals surface area contributed by atoms with Crippen LogP contribution in [0.3, 0.4) is 0 Å². The Bertz CT molecular complexity index is 1140. The maximum atomic E-state index is 13.5. The van der Waals surface area contributed by atoms with E-state index < -0.39 is 47.7 Å². The van der Waals surface area contributed by atoms with E-state index >= 15 is 0 Å². The standard InChI is InChI=1S/C28H41N5O6/c1-7-33-22(12-13-29-33)19-10-8-18(9-11-19)21(16-34)30-25(36)23-14-20(35)15-32(23)26(37)24(17(2)3)31-27(38)39-28(4,5)6/h8-13,17,20-21,23-24,34-35H,7,14-16H2,1-6H3,(H,30,36)(H,31,38)/t20-,21+,23?,24+/m1/s1. The molecule has 0 bridgehead atoms. The number of benzene rings is 1. The fourth-order valence-corrected chi connectivity index (χ4v) is 4.65. The molecule has 4 atom stereocenters. The van der Waals surface area contributed by atoms with Gasteiger partial charge in [0, 0.05) is 25.7 Å². The third-order valence-electron chi connectivity index (χ3n) is 6.59. The fraction of sp³-hybridized carbons (Fsp3) is 0.571. The van der Waals surface area contributed by atoms with Crippen LogP contribution < -0.4 is 10.6 Å². The Kier molecular flexibility index (Phi) is 9.73. The van der Waals surface area contributed by atoms with Gasteiger partial charge < -0.3 is 30.5 Å². The highest BCUT2D eigenvalue weighted by Gasteiger charge is 2.43. The predicted molar refractivity (Wildman–Crippen MR) is 145 cm³/mol. The number of carbonyl (C=O) groups is 3. The quantitative estimate of drug-likeness (QED) is 0.379. The number of β-amino-alcohol motifs (C(OH)–C–C–N with tert-alkyl or cyclic N) is 1. The number of ether oxygens (including phenoxy) is 1. The lowest BCUT2D eigenvalue weighted by Gasteiger charge is -2.31. The number of aliphatic hydroxyl groups is 2. The third-order valence-corrected chi connectivity index (χ3v) is 6.59. The molecule has 2 aromatic rings. The number of alkyl carbamates (subject to hydrolysis) is 1. The summed E-state index contributed by atoms with van der Waals surface area (Å²) in [6.45, 7) is 11.1. The average Bonchev–Trinajstić information content (AvgIpc) is 3.51. The van der Waals surface area contributed by atoms with Gasteiger partial charge in [0.15, 0.2) is 0 Å². The van der Waals surface area contributed by atoms with Gasteiger partial charge in [-0.3, -0.25) is 14.3 Å². The van der Waals surface area contributed by atoms with Gasteiger partial charge in [-0.2, -0.15) is 5.10 Å². The van der Waals surface area contributed by atoms with E-state index in [1.165, 1.54) is 4.90 Å². The lowest BCUT2D eigenvalue weighted by atomic mass is 10.0. The zero-order chi connectivity index (χ0) is 28.9. The van der Waals surface area contributed by atoms with Crippen molar-refractivity contribution >= 4 is 17.9 Å². The third kappa shape index (κ3) is 7.57. The molecule has 1 saturated heterocycles. The Hall–Kier alpha value is -3.44. The Morgan fingerprint density at radius 3 is 2.36 bits per heavy atom. The van der Waals surface area contributed by atoms with E-state index in [0.717, 1.165) is 17.8 Å². The molecule has 0 radical (unpaired) electrons. The molecule has 11 nitrogen and oxygen atoms in total. The summed E-state index contributed by atoms with van der Waals surface area (Å²) in [5, 5.41) is 30.1. The molecule has 1 aromatic heterocycles. The van der Waals surface area contributed by atoms with Crippen LogP contribution >= 0.6 is 0 Å². The minimum atomic E-state index is -0.957. The first-order chi connectivity index (χ1) is 18.3. The minimum absolute atomic E-state index is 0.0419. The molecule has 0 aliphatic carbocycles. The lowest BCUT2D eigenvalue weighted by molar-refractivity contribution is -0.141. The average molecular weight is 544 g/mol. The van der Waals surface area contributed by atoms with Crippen molar-refractivity contribution in [2.45, 2.75) is 84.3 Å². The molecule has 1 aliphatic heterocycles. The van der Waals surface area contributed by atoms with Crippen LogP contribution in [0.4, 0.5) is 4.79 Å². The van der Waals surface area contributed by atoms with E-state index in [2.05, 4.69) is 15.7 Å². The number of aromatic nitrogens is 2. The van der Waals surface area contributed by atoms with Crippen LogP contribution in [0.1, 0.15) is 59.6 Å². The number of nitrogens with zero attached hydrogens (tertiary/aromatic N) is 3. The number of likely N-dealkylation sites (tertiary alicyclic amines) is 1. The molecular weight excluding hydrogens is 502 g/mol. The second-order valence-corrected chi connectivity index (χ2v) is 11.2. The number of nitrogens with one attached hydrogen (secondary N) is 2. The Morgan fingerprint density at radius 2 is 1.79 bits per heavy atom. The monoisotopic (exact) mass is 543 g/mol. The van der Waals surface area contributed by atoms with E-state index in [1.807, 2.05) is 41.9 Å². The van der Waals surface area contributed by atoms with Crippen LogP contribution in [-0.2, 0) is 20.9 Å². The Balaban J connectivity index is 1.73. The molecule has 3 amide bonds. The first-order valence-electron chi connectivity index (χ1n) is 13.4. The van der Waals surface area contributed by atoms with Crippen molar-refractivity contribution in [2.24, 2.45) is 5.92 Å². The molecule has 0 saturated carbocycles. The maximum Gasteiger partial charge on any atom is 0.408 e. The van der Waals surface area contributed by atoms with E-state index in [9.17, 15) is 24.6 Å². The topological polar surface area (TPSA) is 146 Å². The molecule has 0 spiro atoms.